The van der Waals surface area contributed by atoms with E-state index in [1.165, 1.54) is 0 Å². The molecule has 0 bridgehead atoms. The molecule has 0 fully saturated rings. The maximum atomic E-state index is 6.40. The lowest BCUT2D eigenvalue weighted by atomic mass is 9.97. The van der Waals surface area contributed by atoms with Crippen LogP contribution < -0.4 is 10.5 Å². The van der Waals surface area contributed by atoms with Gasteiger partial charge in [-0.3, -0.25) is 0 Å². The number of nitrogens with two attached hydrogens (primary N) is 1. The topological polar surface area (TPSA) is 61.0 Å². The number of aromatic nitrogens is 2. The minimum absolute atomic E-state index is 0.209. The van der Waals surface area contributed by atoms with Crippen LogP contribution in [-0.4, -0.2) is 16.8 Å². The Morgan fingerprint density at radius 2 is 2.00 bits per heavy atom. The maximum absolute atomic E-state index is 6.40. The summed E-state index contributed by atoms with van der Waals surface area (Å²) in [6.45, 7) is 6.61. The first-order chi connectivity index (χ1) is 9.65. The van der Waals surface area contributed by atoms with Crippen LogP contribution in [0, 0.1) is 6.92 Å². The fraction of sp³-hybridized carbons (Fsp3) is 0.375. The SMILES string of the molecule is CCOc1cccc(C(N)c2cc(C)nnc2CC)c1. The highest BCUT2D eigenvalue weighted by molar-refractivity contribution is 5.38. The first-order valence-corrected chi connectivity index (χ1v) is 6.97. The predicted molar refractivity (Wildman–Crippen MR) is 79.8 cm³/mol. The van der Waals surface area contributed by atoms with Crippen LogP contribution >= 0.6 is 0 Å². The van der Waals surface area contributed by atoms with Gasteiger partial charge in [-0.05, 0) is 49.6 Å². The van der Waals surface area contributed by atoms with Gasteiger partial charge in [-0.15, -0.1) is 0 Å². The molecule has 106 valence electrons. The molecule has 2 N–H and O–H groups in total. The van der Waals surface area contributed by atoms with E-state index in [0.29, 0.717) is 6.61 Å². The zero-order chi connectivity index (χ0) is 14.5. The number of aryl methyl sites for hydroxylation is 2. The lowest BCUT2D eigenvalue weighted by molar-refractivity contribution is 0.340. The Morgan fingerprint density at radius 3 is 2.70 bits per heavy atom. The molecule has 1 atom stereocenters. The van der Waals surface area contributed by atoms with Crippen molar-refractivity contribution in [2.75, 3.05) is 6.61 Å². The van der Waals surface area contributed by atoms with Crippen LogP contribution in [0.2, 0.25) is 0 Å². The lowest BCUT2D eigenvalue weighted by Crippen LogP contribution is -2.16. The average molecular weight is 271 g/mol. The van der Waals surface area contributed by atoms with E-state index >= 15 is 0 Å². The van der Waals surface area contributed by atoms with Gasteiger partial charge >= 0.3 is 0 Å². The summed E-state index contributed by atoms with van der Waals surface area (Å²) in [7, 11) is 0. The van der Waals surface area contributed by atoms with Crippen molar-refractivity contribution >= 4 is 0 Å². The van der Waals surface area contributed by atoms with Crippen molar-refractivity contribution in [1.82, 2.24) is 10.2 Å². The Morgan fingerprint density at radius 1 is 1.20 bits per heavy atom. The molecule has 1 unspecified atom stereocenters. The molecule has 0 saturated carbocycles. The zero-order valence-corrected chi connectivity index (χ0v) is 12.3. The fourth-order valence-electron chi connectivity index (χ4n) is 2.22. The van der Waals surface area contributed by atoms with Crippen molar-refractivity contribution in [3.05, 3.63) is 52.8 Å². The molecule has 0 radical (unpaired) electrons. The molecule has 0 amide bonds. The molecule has 0 aliphatic carbocycles. The van der Waals surface area contributed by atoms with E-state index in [1.54, 1.807) is 0 Å². The van der Waals surface area contributed by atoms with Crippen LogP contribution in [-0.2, 0) is 6.42 Å². The van der Waals surface area contributed by atoms with Gasteiger partial charge in [0.25, 0.3) is 0 Å². The summed E-state index contributed by atoms with van der Waals surface area (Å²) < 4.78 is 5.53. The second kappa shape index (κ2) is 6.48. The van der Waals surface area contributed by atoms with Gasteiger partial charge < -0.3 is 10.5 Å². The molecule has 1 aromatic heterocycles. The van der Waals surface area contributed by atoms with Crippen LogP contribution in [0.1, 0.15) is 42.4 Å². The largest absolute Gasteiger partial charge is 0.494 e. The summed E-state index contributed by atoms with van der Waals surface area (Å²) in [5.74, 6) is 0.845. The van der Waals surface area contributed by atoms with Crippen LogP contribution in [0.5, 0.6) is 5.75 Å². The van der Waals surface area contributed by atoms with Crippen LogP contribution in [0.3, 0.4) is 0 Å². The van der Waals surface area contributed by atoms with Gasteiger partial charge in [0.05, 0.1) is 24.0 Å². The Balaban J connectivity index is 2.37. The third-order valence-electron chi connectivity index (χ3n) is 3.22. The molecule has 0 spiro atoms. The third-order valence-corrected chi connectivity index (χ3v) is 3.22. The second-order valence-corrected chi connectivity index (χ2v) is 4.72. The van der Waals surface area contributed by atoms with E-state index in [2.05, 4.69) is 17.1 Å². The number of ether oxygens (including phenoxy) is 1. The van der Waals surface area contributed by atoms with Crippen LogP contribution in [0.4, 0.5) is 0 Å². The summed E-state index contributed by atoms with van der Waals surface area (Å²) >= 11 is 0. The van der Waals surface area contributed by atoms with Crippen LogP contribution in [0.15, 0.2) is 30.3 Å². The first-order valence-electron chi connectivity index (χ1n) is 6.97. The molecular formula is C16H21N3O. The van der Waals surface area contributed by atoms with E-state index in [-0.39, 0.29) is 6.04 Å². The van der Waals surface area contributed by atoms with Crippen molar-refractivity contribution in [2.24, 2.45) is 5.73 Å². The van der Waals surface area contributed by atoms with Gasteiger partial charge in [-0.25, -0.2) is 0 Å². The minimum atomic E-state index is -0.209. The van der Waals surface area contributed by atoms with Crippen molar-refractivity contribution in [3.63, 3.8) is 0 Å². The van der Waals surface area contributed by atoms with Gasteiger partial charge in [0.2, 0.25) is 0 Å². The number of benzene rings is 1. The van der Waals surface area contributed by atoms with E-state index in [9.17, 15) is 0 Å². The average Bonchev–Trinajstić information content (AvgIpc) is 2.47. The summed E-state index contributed by atoms with van der Waals surface area (Å²) in [5.41, 5.74) is 10.3. The third kappa shape index (κ3) is 3.14. The standard InChI is InChI=1S/C16H21N3O/c1-4-15-14(9-11(3)18-19-15)16(17)12-7-6-8-13(10-12)20-5-2/h6-10,16H,4-5,17H2,1-3H3. The van der Waals surface area contributed by atoms with Gasteiger partial charge in [-0.1, -0.05) is 19.1 Å². The Bertz CT molecular complexity index is 584. The molecule has 4 heteroatoms. The van der Waals surface area contributed by atoms with Gasteiger partial charge in [-0.2, -0.15) is 10.2 Å². The van der Waals surface area contributed by atoms with E-state index in [1.807, 2.05) is 44.2 Å². The van der Waals surface area contributed by atoms with E-state index in [0.717, 1.165) is 34.7 Å². The Hall–Kier alpha value is -1.94. The van der Waals surface area contributed by atoms with Crippen molar-refractivity contribution < 1.29 is 4.74 Å². The van der Waals surface area contributed by atoms with Gasteiger partial charge in [0, 0.05) is 0 Å². The normalized spacial score (nSPS) is 12.2. The van der Waals surface area contributed by atoms with Crippen molar-refractivity contribution in [1.29, 1.82) is 0 Å². The highest BCUT2D eigenvalue weighted by Crippen LogP contribution is 2.25. The highest BCUT2D eigenvalue weighted by atomic mass is 16.5. The fourth-order valence-corrected chi connectivity index (χ4v) is 2.22. The molecule has 2 aromatic rings. The molecule has 20 heavy (non-hydrogen) atoms. The smallest absolute Gasteiger partial charge is 0.119 e. The molecule has 0 aliphatic rings. The second-order valence-electron chi connectivity index (χ2n) is 4.72. The first kappa shape index (κ1) is 14.5. The Kier molecular flexibility index (Phi) is 4.69. The molecule has 2 rings (SSSR count). The van der Waals surface area contributed by atoms with Gasteiger partial charge in [0.1, 0.15) is 5.75 Å². The quantitative estimate of drug-likeness (QED) is 0.908. The van der Waals surface area contributed by atoms with Crippen molar-refractivity contribution in [3.8, 4) is 5.75 Å². The monoisotopic (exact) mass is 271 g/mol. The Labute approximate surface area is 120 Å². The number of hydrogen-bond donors (Lipinski definition) is 1. The van der Waals surface area contributed by atoms with E-state index in [4.69, 9.17) is 10.5 Å². The van der Waals surface area contributed by atoms with Crippen molar-refractivity contribution in [2.45, 2.75) is 33.2 Å². The number of nitrogens with zero attached hydrogens (tertiary/aromatic N) is 2. The summed E-state index contributed by atoms with van der Waals surface area (Å²) in [6, 6.07) is 9.72. The molecular weight excluding hydrogens is 250 g/mol. The maximum Gasteiger partial charge on any atom is 0.119 e. The molecule has 1 heterocycles. The summed E-state index contributed by atoms with van der Waals surface area (Å²) in [5, 5.41) is 8.34. The van der Waals surface area contributed by atoms with Gasteiger partial charge in [0.15, 0.2) is 0 Å². The highest BCUT2D eigenvalue weighted by Gasteiger charge is 2.15. The predicted octanol–water partition coefficient (Wildman–Crippen LogP) is 2.79. The van der Waals surface area contributed by atoms with E-state index < -0.39 is 0 Å². The van der Waals surface area contributed by atoms with Crippen LogP contribution in [0.25, 0.3) is 0 Å². The zero-order valence-electron chi connectivity index (χ0n) is 12.3. The summed E-state index contributed by atoms with van der Waals surface area (Å²) in [6.07, 6.45) is 0.821. The molecule has 0 aliphatic heterocycles. The molecule has 1 aromatic carbocycles. The lowest BCUT2D eigenvalue weighted by Gasteiger charge is -2.16. The summed E-state index contributed by atoms with van der Waals surface area (Å²) in [4.78, 5) is 0. The molecule has 4 nitrogen and oxygen atoms in total. The number of rotatable bonds is 5. The minimum Gasteiger partial charge on any atom is -0.494 e. The molecule has 0 saturated heterocycles. The number of hydrogen-bond acceptors (Lipinski definition) is 4.